The molecule has 1 atom stereocenters. The fourth-order valence-electron chi connectivity index (χ4n) is 2.08. The molecular weight excluding hydrogens is 277 g/mol. The van der Waals surface area contributed by atoms with E-state index in [1.54, 1.807) is 6.07 Å². The van der Waals surface area contributed by atoms with Gasteiger partial charge in [0.2, 0.25) is 0 Å². The number of alkyl halides is 3. The number of hydrogen-bond donors (Lipinski definition) is 1. The second-order valence-corrected chi connectivity index (χ2v) is 4.19. The Morgan fingerprint density at radius 3 is 2.55 bits per heavy atom. The van der Waals surface area contributed by atoms with Crippen molar-refractivity contribution in [3.8, 4) is 6.07 Å². The SMILES string of the molecule is N#Cc1ccc2c(c1)N(C(=O)C(F)(F)F)C(C(=O)O)C2. The average Bonchev–Trinajstić information content (AvgIpc) is 2.74. The lowest BCUT2D eigenvalue weighted by molar-refractivity contribution is -0.171. The Hall–Kier alpha value is -2.56. The number of halogens is 3. The molecule has 0 aromatic heterocycles. The van der Waals surface area contributed by atoms with Crippen LogP contribution in [-0.2, 0) is 16.0 Å². The number of carbonyl (C=O) groups excluding carboxylic acids is 1. The molecule has 1 heterocycles. The first-order valence-electron chi connectivity index (χ1n) is 5.42. The number of benzene rings is 1. The van der Waals surface area contributed by atoms with Gasteiger partial charge in [0.1, 0.15) is 6.04 Å². The molecule has 104 valence electrons. The number of rotatable bonds is 1. The van der Waals surface area contributed by atoms with Crippen LogP contribution in [0.2, 0.25) is 0 Å². The molecule has 1 aliphatic heterocycles. The number of fused-ring (bicyclic) bond motifs is 1. The molecule has 1 aromatic carbocycles. The molecular formula is C12H7F3N2O3. The molecule has 0 radical (unpaired) electrons. The van der Waals surface area contributed by atoms with Crippen molar-refractivity contribution >= 4 is 17.6 Å². The zero-order valence-electron chi connectivity index (χ0n) is 9.81. The summed E-state index contributed by atoms with van der Waals surface area (Å²) in [5.41, 5.74) is 0.155. The van der Waals surface area contributed by atoms with E-state index < -0.39 is 24.1 Å². The summed E-state index contributed by atoms with van der Waals surface area (Å²) in [7, 11) is 0. The third kappa shape index (κ3) is 2.18. The van der Waals surface area contributed by atoms with E-state index in [1.165, 1.54) is 12.1 Å². The van der Waals surface area contributed by atoms with Gasteiger partial charge in [0.05, 0.1) is 11.6 Å². The quantitative estimate of drug-likeness (QED) is 0.846. The second-order valence-electron chi connectivity index (χ2n) is 4.19. The summed E-state index contributed by atoms with van der Waals surface area (Å²) >= 11 is 0. The molecule has 1 aromatic rings. The molecule has 1 unspecified atom stereocenters. The Morgan fingerprint density at radius 1 is 1.40 bits per heavy atom. The van der Waals surface area contributed by atoms with Crippen LogP contribution in [0.15, 0.2) is 18.2 Å². The number of carboxylic acid groups (broad SMARTS) is 1. The highest BCUT2D eigenvalue weighted by Crippen LogP contribution is 2.36. The van der Waals surface area contributed by atoms with Gasteiger partial charge in [-0.2, -0.15) is 18.4 Å². The number of carbonyl (C=O) groups is 2. The summed E-state index contributed by atoms with van der Waals surface area (Å²) in [6.07, 6.45) is -5.41. The van der Waals surface area contributed by atoms with Crippen molar-refractivity contribution < 1.29 is 27.9 Å². The minimum atomic E-state index is -5.18. The number of nitriles is 1. The molecule has 1 aliphatic rings. The fourth-order valence-corrected chi connectivity index (χ4v) is 2.08. The summed E-state index contributed by atoms with van der Waals surface area (Å²) in [4.78, 5) is 22.6. The first-order chi connectivity index (χ1) is 9.25. The van der Waals surface area contributed by atoms with Crippen LogP contribution in [0.25, 0.3) is 0 Å². The van der Waals surface area contributed by atoms with Gasteiger partial charge in [0, 0.05) is 12.1 Å². The first-order valence-corrected chi connectivity index (χ1v) is 5.42. The largest absolute Gasteiger partial charge is 0.480 e. The highest BCUT2D eigenvalue weighted by atomic mass is 19.4. The van der Waals surface area contributed by atoms with Gasteiger partial charge in [0.15, 0.2) is 0 Å². The Morgan fingerprint density at radius 2 is 2.05 bits per heavy atom. The summed E-state index contributed by atoms with van der Waals surface area (Å²) in [6, 6.07) is 3.92. The Kier molecular flexibility index (Phi) is 3.13. The van der Waals surface area contributed by atoms with Crippen LogP contribution in [-0.4, -0.2) is 29.2 Å². The van der Waals surface area contributed by atoms with E-state index in [9.17, 15) is 22.8 Å². The number of carboxylic acids is 1. The van der Waals surface area contributed by atoms with E-state index in [0.29, 0.717) is 0 Å². The third-order valence-electron chi connectivity index (χ3n) is 2.95. The Labute approximate surface area is 110 Å². The number of amides is 1. The van der Waals surface area contributed by atoms with E-state index in [1.807, 2.05) is 0 Å². The first kappa shape index (κ1) is 13.9. The van der Waals surface area contributed by atoms with E-state index in [0.717, 1.165) is 6.07 Å². The predicted molar refractivity (Wildman–Crippen MR) is 59.8 cm³/mol. The molecule has 20 heavy (non-hydrogen) atoms. The monoisotopic (exact) mass is 284 g/mol. The minimum Gasteiger partial charge on any atom is -0.480 e. The van der Waals surface area contributed by atoms with Gasteiger partial charge >= 0.3 is 18.1 Å². The zero-order chi connectivity index (χ0) is 15.1. The molecule has 0 aliphatic carbocycles. The van der Waals surface area contributed by atoms with Gasteiger partial charge in [0.25, 0.3) is 0 Å². The maximum Gasteiger partial charge on any atom is 0.471 e. The number of aliphatic carboxylic acids is 1. The van der Waals surface area contributed by atoms with E-state index in [2.05, 4.69) is 0 Å². The van der Waals surface area contributed by atoms with Gasteiger partial charge in [-0.15, -0.1) is 0 Å². The van der Waals surface area contributed by atoms with Crippen molar-refractivity contribution in [2.24, 2.45) is 0 Å². The Balaban J connectivity index is 2.55. The minimum absolute atomic E-state index is 0.0507. The smallest absolute Gasteiger partial charge is 0.471 e. The molecule has 1 N–H and O–H groups in total. The lowest BCUT2D eigenvalue weighted by atomic mass is 10.1. The van der Waals surface area contributed by atoms with Gasteiger partial charge in [-0.1, -0.05) is 6.07 Å². The summed E-state index contributed by atoms with van der Waals surface area (Å²) in [5, 5.41) is 17.7. The van der Waals surface area contributed by atoms with Gasteiger partial charge in [-0.3, -0.25) is 9.69 Å². The number of anilines is 1. The molecule has 0 saturated carbocycles. The normalized spacial score (nSPS) is 17.5. The molecule has 0 fully saturated rings. The highest BCUT2D eigenvalue weighted by molar-refractivity contribution is 6.04. The van der Waals surface area contributed by atoms with Crippen LogP contribution in [0.4, 0.5) is 18.9 Å². The molecule has 2 rings (SSSR count). The van der Waals surface area contributed by atoms with E-state index in [4.69, 9.17) is 10.4 Å². The van der Waals surface area contributed by atoms with Crippen molar-refractivity contribution in [2.75, 3.05) is 4.90 Å². The van der Waals surface area contributed by atoms with Crippen molar-refractivity contribution in [2.45, 2.75) is 18.6 Å². The van der Waals surface area contributed by atoms with Crippen LogP contribution in [0.5, 0.6) is 0 Å². The van der Waals surface area contributed by atoms with E-state index in [-0.39, 0.29) is 28.1 Å². The van der Waals surface area contributed by atoms with Gasteiger partial charge < -0.3 is 5.11 Å². The van der Waals surface area contributed by atoms with Crippen LogP contribution in [0, 0.1) is 11.3 Å². The lowest BCUT2D eigenvalue weighted by Gasteiger charge is -2.23. The van der Waals surface area contributed by atoms with Crippen LogP contribution >= 0.6 is 0 Å². The van der Waals surface area contributed by atoms with Crippen molar-refractivity contribution in [3.63, 3.8) is 0 Å². The summed E-state index contributed by atoms with van der Waals surface area (Å²) < 4.78 is 37.7. The highest BCUT2D eigenvalue weighted by Gasteiger charge is 2.49. The fraction of sp³-hybridized carbons (Fsp3) is 0.250. The standard InChI is InChI=1S/C12H7F3N2O3/c13-12(14,15)11(20)17-8-3-6(5-16)1-2-7(8)4-9(17)10(18)19/h1-3,9H,4H2,(H,18,19). The van der Waals surface area contributed by atoms with Crippen LogP contribution in [0.3, 0.4) is 0 Å². The van der Waals surface area contributed by atoms with Gasteiger partial charge in [-0.05, 0) is 17.7 Å². The van der Waals surface area contributed by atoms with Crippen LogP contribution in [0.1, 0.15) is 11.1 Å². The molecule has 1 amide bonds. The van der Waals surface area contributed by atoms with E-state index >= 15 is 0 Å². The summed E-state index contributed by atoms with van der Waals surface area (Å²) in [6.45, 7) is 0. The Bertz CT molecular complexity index is 634. The van der Waals surface area contributed by atoms with Crippen LogP contribution < -0.4 is 4.90 Å². The maximum atomic E-state index is 12.6. The number of nitrogens with zero attached hydrogens (tertiary/aromatic N) is 2. The average molecular weight is 284 g/mol. The predicted octanol–water partition coefficient (Wildman–Crippen LogP) is 1.46. The second kappa shape index (κ2) is 4.52. The molecule has 0 bridgehead atoms. The topological polar surface area (TPSA) is 81.4 Å². The summed E-state index contributed by atoms with van der Waals surface area (Å²) in [5.74, 6) is -3.78. The molecule has 0 spiro atoms. The van der Waals surface area contributed by atoms with Gasteiger partial charge in [-0.25, -0.2) is 4.79 Å². The lowest BCUT2D eigenvalue weighted by Crippen LogP contribution is -2.48. The third-order valence-corrected chi connectivity index (χ3v) is 2.95. The molecule has 5 nitrogen and oxygen atoms in total. The number of hydrogen-bond acceptors (Lipinski definition) is 3. The van der Waals surface area contributed by atoms with Crippen molar-refractivity contribution in [3.05, 3.63) is 29.3 Å². The molecule has 8 heteroatoms. The van der Waals surface area contributed by atoms with Crippen molar-refractivity contribution in [1.82, 2.24) is 0 Å². The van der Waals surface area contributed by atoms with Crippen molar-refractivity contribution in [1.29, 1.82) is 5.26 Å². The maximum absolute atomic E-state index is 12.6. The zero-order valence-corrected chi connectivity index (χ0v) is 9.81. The molecule has 0 saturated heterocycles.